The minimum absolute atomic E-state index is 0.122. The van der Waals surface area contributed by atoms with Crippen LogP contribution in [0, 0.1) is 11.8 Å². The summed E-state index contributed by atoms with van der Waals surface area (Å²) in [7, 11) is 0. The van der Waals surface area contributed by atoms with Crippen molar-refractivity contribution in [2.45, 2.75) is 13.2 Å². The van der Waals surface area contributed by atoms with Gasteiger partial charge in [-0.1, -0.05) is 11.8 Å². The fraction of sp³-hybridized carbons (Fsp3) is 0.231. The number of hydrogen-bond donors (Lipinski definition) is 1. The molecule has 2 aromatic heterocycles. The monoisotopic (exact) mass is 248 g/mol. The van der Waals surface area contributed by atoms with Crippen molar-refractivity contribution in [3.63, 3.8) is 0 Å². The van der Waals surface area contributed by atoms with E-state index in [-0.39, 0.29) is 6.61 Å². The van der Waals surface area contributed by atoms with Gasteiger partial charge in [-0.05, 0) is 23.6 Å². The molecule has 17 heavy (non-hydrogen) atoms. The quantitative estimate of drug-likeness (QED) is 0.845. The molecular formula is C13H12O3S. The number of hydrogen-bond acceptors (Lipinski definition) is 4. The second-order valence-electron chi connectivity index (χ2n) is 3.29. The van der Waals surface area contributed by atoms with Gasteiger partial charge in [-0.15, -0.1) is 11.3 Å². The van der Waals surface area contributed by atoms with Crippen molar-refractivity contribution >= 4 is 11.3 Å². The molecular weight excluding hydrogens is 236 g/mol. The van der Waals surface area contributed by atoms with E-state index in [1.165, 1.54) is 0 Å². The highest BCUT2D eigenvalue weighted by Gasteiger charge is 2.03. The SMILES string of the molecule is OCC#Cc1ccsc1COCc1ccco1. The standard InChI is InChI=1S/C13H12O3S/c14-6-1-3-11-5-8-17-13(11)10-15-9-12-4-2-7-16-12/h2,4-5,7-8,14H,6,9-10H2. The first-order chi connectivity index (χ1) is 8.40. The normalized spacial score (nSPS) is 9.94. The first-order valence-corrected chi connectivity index (χ1v) is 6.04. The smallest absolute Gasteiger partial charge is 0.129 e. The Morgan fingerprint density at radius 3 is 3.06 bits per heavy atom. The van der Waals surface area contributed by atoms with Gasteiger partial charge < -0.3 is 14.3 Å². The van der Waals surface area contributed by atoms with Crippen molar-refractivity contribution in [2.24, 2.45) is 0 Å². The third-order valence-corrected chi connectivity index (χ3v) is 3.00. The fourth-order valence-electron chi connectivity index (χ4n) is 1.34. The van der Waals surface area contributed by atoms with Gasteiger partial charge in [0.15, 0.2) is 0 Å². The van der Waals surface area contributed by atoms with E-state index in [1.807, 2.05) is 23.6 Å². The van der Waals surface area contributed by atoms with Gasteiger partial charge in [0.05, 0.1) is 12.9 Å². The molecule has 0 spiro atoms. The number of furan rings is 1. The van der Waals surface area contributed by atoms with Crippen LogP contribution in [0.5, 0.6) is 0 Å². The van der Waals surface area contributed by atoms with Crippen LogP contribution < -0.4 is 0 Å². The van der Waals surface area contributed by atoms with E-state index < -0.39 is 0 Å². The Hall–Kier alpha value is -1.54. The van der Waals surface area contributed by atoms with E-state index in [9.17, 15) is 0 Å². The minimum Gasteiger partial charge on any atom is -0.467 e. The number of ether oxygens (including phenoxy) is 1. The Morgan fingerprint density at radius 2 is 2.29 bits per heavy atom. The molecule has 0 bridgehead atoms. The van der Waals surface area contributed by atoms with E-state index in [1.54, 1.807) is 17.6 Å². The van der Waals surface area contributed by atoms with Gasteiger partial charge in [-0.3, -0.25) is 0 Å². The number of aliphatic hydroxyl groups is 1. The predicted octanol–water partition coefficient (Wildman–Crippen LogP) is 2.40. The van der Waals surface area contributed by atoms with Crippen LogP contribution in [0.2, 0.25) is 0 Å². The molecule has 3 nitrogen and oxygen atoms in total. The molecule has 0 aliphatic carbocycles. The zero-order valence-corrected chi connectivity index (χ0v) is 10.00. The summed E-state index contributed by atoms with van der Waals surface area (Å²) in [6.07, 6.45) is 1.63. The van der Waals surface area contributed by atoms with Crippen molar-refractivity contribution in [1.29, 1.82) is 0 Å². The molecule has 0 saturated carbocycles. The predicted molar refractivity (Wildman–Crippen MR) is 65.5 cm³/mol. The Morgan fingerprint density at radius 1 is 1.35 bits per heavy atom. The Bertz CT molecular complexity index is 502. The summed E-state index contributed by atoms with van der Waals surface area (Å²) in [4.78, 5) is 1.07. The second kappa shape index (κ2) is 6.26. The molecule has 0 unspecified atom stereocenters. The molecule has 0 radical (unpaired) electrons. The summed E-state index contributed by atoms with van der Waals surface area (Å²) >= 11 is 1.60. The van der Waals surface area contributed by atoms with Crippen LogP contribution in [-0.4, -0.2) is 11.7 Å². The third-order valence-electron chi connectivity index (χ3n) is 2.11. The van der Waals surface area contributed by atoms with Crippen molar-refractivity contribution in [1.82, 2.24) is 0 Å². The van der Waals surface area contributed by atoms with Crippen LogP contribution in [0.25, 0.3) is 0 Å². The largest absolute Gasteiger partial charge is 0.467 e. The topological polar surface area (TPSA) is 42.6 Å². The molecule has 0 aromatic carbocycles. The van der Waals surface area contributed by atoms with E-state index in [0.717, 1.165) is 16.2 Å². The molecule has 0 saturated heterocycles. The van der Waals surface area contributed by atoms with E-state index >= 15 is 0 Å². The Kier molecular flexibility index (Phi) is 4.39. The highest BCUT2D eigenvalue weighted by atomic mass is 32.1. The van der Waals surface area contributed by atoms with Crippen molar-refractivity contribution in [2.75, 3.05) is 6.61 Å². The lowest BCUT2D eigenvalue weighted by molar-refractivity contribution is 0.0947. The molecule has 2 aromatic rings. The molecule has 0 atom stereocenters. The second-order valence-corrected chi connectivity index (χ2v) is 4.29. The maximum absolute atomic E-state index is 8.64. The van der Waals surface area contributed by atoms with Crippen LogP contribution in [-0.2, 0) is 18.0 Å². The average Bonchev–Trinajstić information content (AvgIpc) is 2.98. The van der Waals surface area contributed by atoms with Crippen LogP contribution in [0.4, 0.5) is 0 Å². The summed E-state index contributed by atoms with van der Waals surface area (Å²) in [6, 6.07) is 5.64. The minimum atomic E-state index is -0.122. The Labute approximate surface area is 104 Å². The van der Waals surface area contributed by atoms with Gasteiger partial charge >= 0.3 is 0 Å². The van der Waals surface area contributed by atoms with Crippen LogP contribution in [0.3, 0.4) is 0 Å². The molecule has 0 aliphatic rings. The zero-order chi connectivity index (χ0) is 11.9. The average molecular weight is 248 g/mol. The molecule has 0 aliphatic heterocycles. The van der Waals surface area contributed by atoms with Gasteiger partial charge in [0.2, 0.25) is 0 Å². The first-order valence-electron chi connectivity index (χ1n) is 5.16. The van der Waals surface area contributed by atoms with Gasteiger partial charge in [-0.25, -0.2) is 0 Å². The molecule has 1 N–H and O–H groups in total. The summed E-state index contributed by atoms with van der Waals surface area (Å²) in [5.74, 6) is 6.34. The maximum Gasteiger partial charge on any atom is 0.129 e. The number of thiophene rings is 1. The third kappa shape index (κ3) is 3.46. The highest BCUT2D eigenvalue weighted by molar-refractivity contribution is 7.10. The lowest BCUT2D eigenvalue weighted by Crippen LogP contribution is -1.92. The van der Waals surface area contributed by atoms with Gasteiger partial charge in [0.1, 0.15) is 19.0 Å². The maximum atomic E-state index is 8.64. The van der Waals surface area contributed by atoms with E-state index in [4.69, 9.17) is 14.3 Å². The van der Waals surface area contributed by atoms with Crippen LogP contribution >= 0.6 is 11.3 Å². The lowest BCUT2D eigenvalue weighted by atomic mass is 10.2. The summed E-state index contributed by atoms with van der Waals surface area (Å²) in [5, 5.41) is 10.6. The summed E-state index contributed by atoms with van der Waals surface area (Å²) in [6.45, 7) is 0.841. The zero-order valence-electron chi connectivity index (χ0n) is 9.18. The lowest BCUT2D eigenvalue weighted by Gasteiger charge is -2.00. The molecule has 0 amide bonds. The number of rotatable bonds is 4. The first kappa shape index (κ1) is 11.9. The number of aliphatic hydroxyl groups excluding tert-OH is 1. The van der Waals surface area contributed by atoms with Crippen molar-refractivity contribution < 1.29 is 14.3 Å². The summed E-state index contributed by atoms with van der Waals surface area (Å²) < 4.78 is 10.7. The van der Waals surface area contributed by atoms with E-state index in [0.29, 0.717) is 13.2 Å². The molecule has 4 heteroatoms. The molecule has 2 rings (SSSR count). The molecule has 0 fully saturated rings. The van der Waals surface area contributed by atoms with Crippen molar-refractivity contribution in [3.05, 3.63) is 46.0 Å². The molecule has 88 valence electrons. The van der Waals surface area contributed by atoms with Crippen molar-refractivity contribution in [3.8, 4) is 11.8 Å². The van der Waals surface area contributed by atoms with Gasteiger partial charge in [-0.2, -0.15) is 0 Å². The van der Waals surface area contributed by atoms with Crippen LogP contribution in [0.15, 0.2) is 34.3 Å². The van der Waals surface area contributed by atoms with Gasteiger partial charge in [0, 0.05) is 10.4 Å². The van der Waals surface area contributed by atoms with Gasteiger partial charge in [0.25, 0.3) is 0 Å². The Balaban J connectivity index is 1.88. The highest BCUT2D eigenvalue weighted by Crippen LogP contribution is 2.17. The van der Waals surface area contributed by atoms with E-state index in [2.05, 4.69) is 11.8 Å². The van der Waals surface area contributed by atoms with Crippen LogP contribution in [0.1, 0.15) is 16.2 Å². The summed E-state index contributed by atoms with van der Waals surface area (Å²) in [5.41, 5.74) is 0.920. The fourth-order valence-corrected chi connectivity index (χ4v) is 2.10. The molecule has 2 heterocycles.